The summed E-state index contributed by atoms with van der Waals surface area (Å²) in [6.45, 7) is 6.11. The fourth-order valence-corrected chi connectivity index (χ4v) is 2.56. The molecule has 1 aromatic carbocycles. The quantitative estimate of drug-likeness (QED) is 0.759. The SMILES string of the molecule is C=C(C)CN(C)C(=O)Nc1cc2c3c(c[nH]c3c1)C=NNC2=O. The number of urea groups is 1. The van der Waals surface area contributed by atoms with E-state index in [4.69, 9.17) is 0 Å². The number of anilines is 1. The van der Waals surface area contributed by atoms with Gasteiger partial charge in [-0.1, -0.05) is 12.2 Å². The maximum Gasteiger partial charge on any atom is 0.321 e. The highest BCUT2D eigenvalue weighted by Crippen LogP contribution is 2.27. The normalized spacial score (nSPS) is 12.7. The van der Waals surface area contributed by atoms with Crippen LogP contribution in [0.5, 0.6) is 0 Å². The van der Waals surface area contributed by atoms with Gasteiger partial charge in [0.1, 0.15) is 0 Å². The number of rotatable bonds is 3. The summed E-state index contributed by atoms with van der Waals surface area (Å²) >= 11 is 0. The molecule has 1 aliphatic heterocycles. The molecule has 2 heterocycles. The summed E-state index contributed by atoms with van der Waals surface area (Å²) in [7, 11) is 1.69. The average Bonchev–Trinajstić information content (AvgIpc) is 2.81. The molecule has 3 N–H and O–H groups in total. The van der Waals surface area contributed by atoms with Gasteiger partial charge in [-0.05, 0) is 19.1 Å². The molecule has 0 atom stereocenters. The van der Waals surface area contributed by atoms with Gasteiger partial charge in [0.2, 0.25) is 0 Å². The van der Waals surface area contributed by atoms with Gasteiger partial charge in [-0.2, -0.15) is 5.10 Å². The van der Waals surface area contributed by atoms with E-state index in [0.717, 1.165) is 22.0 Å². The minimum Gasteiger partial charge on any atom is -0.360 e. The largest absolute Gasteiger partial charge is 0.360 e. The molecule has 0 unspecified atom stereocenters. The van der Waals surface area contributed by atoms with Gasteiger partial charge >= 0.3 is 6.03 Å². The van der Waals surface area contributed by atoms with Crippen LogP contribution in [-0.2, 0) is 0 Å². The van der Waals surface area contributed by atoms with E-state index in [9.17, 15) is 9.59 Å². The minimum absolute atomic E-state index is 0.267. The molecule has 118 valence electrons. The van der Waals surface area contributed by atoms with Crippen LogP contribution in [0, 0.1) is 0 Å². The van der Waals surface area contributed by atoms with Crippen molar-refractivity contribution in [3.05, 3.63) is 41.6 Å². The Hall–Kier alpha value is -3.09. The van der Waals surface area contributed by atoms with Crippen molar-refractivity contribution in [2.24, 2.45) is 5.10 Å². The van der Waals surface area contributed by atoms with Crippen LogP contribution in [0.1, 0.15) is 22.8 Å². The third-order valence-corrected chi connectivity index (χ3v) is 3.53. The summed E-state index contributed by atoms with van der Waals surface area (Å²) in [5, 5.41) is 7.45. The molecule has 0 spiro atoms. The molecule has 23 heavy (non-hydrogen) atoms. The highest BCUT2D eigenvalue weighted by atomic mass is 16.2. The number of hydrogen-bond acceptors (Lipinski definition) is 3. The number of carbonyl (C=O) groups is 2. The number of hydrazone groups is 1. The summed E-state index contributed by atoms with van der Waals surface area (Å²) < 4.78 is 0. The van der Waals surface area contributed by atoms with E-state index in [1.165, 1.54) is 4.90 Å². The number of aromatic nitrogens is 1. The van der Waals surface area contributed by atoms with Gasteiger partial charge in [0, 0.05) is 41.9 Å². The summed E-state index contributed by atoms with van der Waals surface area (Å²) in [6.07, 6.45) is 3.36. The molecule has 0 bridgehead atoms. The van der Waals surface area contributed by atoms with E-state index in [1.807, 2.05) is 6.92 Å². The molecule has 0 aliphatic carbocycles. The molecule has 3 amide bonds. The van der Waals surface area contributed by atoms with Crippen LogP contribution in [0.4, 0.5) is 10.5 Å². The number of hydrogen-bond donors (Lipinski definition) is 3. The molecule has 0 radical (unpaired) electrons. The van der Waals surface area contributed by atoms with Crippen LogP contribution in [0.25, 0.3) is 10.9 Å². The monoisotopic (exact) mass is 311 g/mol. The molecule has 2 aromatic rings. The third-order valence-electron chi connectivity index (χ3n) is 3.53. The van der Waals surface area contributed by atoms with Gasteiger partial charge in [-0.3, -0.25) is 4.79 Å². The zero-order chi connectivity index (χ0) is 16.6. The summed E-state index contributed by atoms with van der Waals surface area (Å²) in [5.41, 5.74) is 5.93. The number of H-pyrrole nitrogens is 1. The molecule has 1 aromatic heterocycles. The molecule has 0 saturated carbocycles. The van der Waals surface area contributed by atoms with E-state index in [0.29, 0.717) is 17.8 Å². The van der Waals surface area contributed by atoms with Crippen molar-refractivity contribution in [2.45, 2.75) is 6.92 Å². The lowest BCUT2D eigenvalue weighted by atomic mass is 10.1. The molecule has 0 fully saturated rings. The Morgan fingerprint density at radius 2 is 2.22 bits per heavy atom. The Morgan fingerprint density at radius 3 is 2.96 bits per heavy atom. The molecular formula is C16H17N5O2. The molecule has 0 saturated heterocycles. The fourth-order valence-electron chi connectivity index (χ4n) is 2.56. The topological polar surface area (TPSA) is 89.6 Å². The Bertz CT molecular complexity index is 850. The number of nitrogens with zero attached hydrogens (tertiary/aromatic N) is 2. The fraction of sp³-hybridized carbons (Fsp3) is 0.188. The lowest BCUT2D eigenvalue weighted by Gasteiger charge is -2.18. The second-order valence-corrected chi connectivity index (χ2v) is 5.63. The molecule has 1 aliphatic rings. The maximum absolute atomic E-state index is 12.2. The predicted octanol–water partition coefficient (Wildman–Crippen LogP) is 2.29. The van der Waals surface area contributed by atoms with Gasteiger partial charge in [0.15, 0.2) is 0 Å². The van der Waals surface area contributed by atoms with Crippen LogP contribution < -0.4 is 10.7 Å². The van der Waals surface area contributed by atoms with Gasteiger partial charge in [0.05, 0.1) is 11.8 Å². The number of amides is 3. The summed E-state index contributed by atoms with van der Waals surface area (Å²) in [6, 6.07) is 3.17. The van der Waals surface area contributed by atoms with E-state index >= 15 is 0 Å². The maximum atomic E-state index is 12.2. The van der Waals surface area contributed by atoms with Crippen LogP contribution in [0.3, 0.4) is 0 Å². The minimum atomic E-state index is -0.309. The van der Waals surface area contributed by atoms with Crippen LogP contribution >= 0.6 is 0 Å². The van der Waals surface area contributed by atoms with Crippen LogP contribution in [-0.4, -0.2) is 41.6 Å². The van der Waals surface area contributed by atoms with E-state index in [1.54, 1.807) is 31.6 Å². The van der Waals surface area contributed by atoms with Crippen molar-refractivity contribution in [1.29, 1.82) is 0 Å². The Kier molecular flexibility index (Phi) is 3.61. The number of benzene rings is 1. The van der Waals surface area contributed by atoms with Crippen molar-refractivity contribution >= 4 is 34.7 Å². The first-order chi connectivity index (χ1) is 11.0. The van der Waals surface area contributed by atoms with E-state index < -0.39 is 0 Å². The third kappa shape index (κ3) is 2.80. The van der Waals surface area contributed by atoms with Gasteiger partial charge in [-0.25, -0.2) is 10.2 Å². The zero-order valence-corrected chi connectivity index (χ0v) is 12.9. The first-order valence-corrected chi connectivity index (χ1v) is 7.10. The molecule has 7 nitrogen and oxygen atoms in total. The summed E-state index contributed by atoms with van der Waals surface area (Å²) in [4.78, 5) is 28.9. The second kappa shape index (κ2) is 5.60. The van der Waals surface area contributed by atoms with E-state index in [2.05, 4.69) is 27.4 Å². The first kappa shape index (κ1) is 14.8. The van der Waals surface area contributed by atoms with Gasteiger partial charge < -0.3 is 15.2 Å². The van der Waals surface area contributed by atoms with Crippen molar-refractivity contribution in [3.8, 4) is 0 Å². The lowest BCUT2D eigenvalue weighted by Crippen LogP contribution is -2.32. The number of likely N-dealkylation sites (N-methyl/N-ethyl adjacent to an activating group) is 1. The highest BCUT2D eigenvalue weighted by molar-refractivity contribution is 6.15. The number of aromatic amines is 1. The van der Waals surface area contributed by atoms with E-state index in [-0.39, 0.29) is 11.9 Å². The number of nitrogens with one attached hydrogen (secondary N) is 3. The van der Waals surface area contributed by atoms with Crippen molar-refractivity contribution in [2.75, 3.05) is 18.9 Å². The lowest BCUT2D eigenvalue weighted by molar-refractivity contribution is 0.0957. The van der Waals surface area contributed by atoms with Crippen molar-refractivity contribution in [1.82, 2.24) is 15.3 Å². The Morgan fingerprint density at radius 1 is 1.43 bits per heavy atom. The van der Waals surface area contributed by atoms with Crippen molar-refractivity contribution < 1.29 is 9.59 Å². The highest BCUT2D eigenvalue weighted by Gasteiger charge is 2.19. The Balaban J connectivity index is 1.95. The van der Waals surface area contributed by atoms with Gasteiger partial charge in [-0.15, -0.1) is 0 Å². The second-order valence-electron chi connectivity index (χ2n) is 5.63. The Labute approximate surface area is 133 Å². The first-order valence-electron chi connectivity index (χ1n) is 7.10. The molecule has 3 rings (SSSR count). The average molecular weight is 311 g/mol. The molecule has 7 heteroatoms. The molecular weight excluding hydrogens is 294 g/mol. The van der Waals surface area contributed by atoms with Crippen LogP contribution in [0.2, 0.25) is 0 Å². The van der Waals surface area contributed by atoms with Gasteiger partial charge in [0.25, 0.3) is 5.91 Å². The van der Waals surface area contributed by atoms with Crippen LogP contribution in [0.15, 0.2) is 35.6 Å². The summed E-state index contributed by atoms with van der Waals surface area (Å²) in [5.74, 6) is -0.309. The van der Waals surface area contributed by atoms with Crippen molar-refractivity contribution in [3.63, 3.8) is 0 Å². The standard InChI is InChI=1S/C16H17N5O2/c1-9(2)8-21(3)16(23)19-11-4-12-14-10(6-17-13(14)5-11)7-18-20-15(12)22/h4-7,17H,1,8H2,2-3H3,(H,19,23)(H,20,22). The zero-order valence-electron chi connectivity index (χ0n) is 12.9. The predicted molar refractivity (Wildman–Crippen MR) is 89.8 cm³/mol. The number of carbonyl (C=O) groups excluding carboxylic acids is 2. The smallest absolute Gasteiger partial charge is 0.321 e.